The SMILES string of the molecule is Cc1cc(C)c(CNC(=O)c2cc(-c3ccc(CN)nc3)cc3c2ccn3C(C)C)c(=O)[nH]1. The molecule has 4 N–H and O–H groups in total. The Kier molecular flexibility index (Phi) is 6.16. The largest absolute Gasteiger partial charge is 0.348 e. The van der Waals surface area contributed by atoms with Gasteiger partial charge in [-0.15, -0.1) is 0 Å². The lowest BCUT2D eigenvalue weighted by molar-refractivity contribution is 0.0952. The van der Waals surface area contributed by atoms with E-state index in [0.29, 0.717) is 17.7 Å². The maximum absolute atomic E-state index is 13.3. The van der Waals surface area contributed by atoms with Crippen LogP contribution in [0, 0.1) is 13.8 Å². The highest BCUT2D eigenvalue weighted by atomic mass is 16.1. The molecule has 0 spiro atoms. The number of pyridine rings is 2. The Morgan fingerprint density at radius 3 is 2.58 bits per heavy atom. The molecule has 170 valence electrons. The van der Waals surface area contributed by atoms with Gasteiger partial charge in [-0.3, -0.25) is 14.6 Å². The molecule has 0 saturated carbocycles. The summed E-state index contributed by atoms with van der Waals surface area (Å²) in [4.78, 5) is 32.9. The quantitative estimate of drug-likeness (QED) is 0.419. The van der Waals surface area contributed by atoms with Crippen LogP contribution in [0.5, 0.6) is 0 Å². The van der Waals surface area contributed by atoms with Crippen molar-refractivity contribution in [2.45, 2.75) is 46.8 Å². The molecular weight excluding hydrogens is 414 g/mol. The van der Waals surface area contributed by atoms with E-state index in [1.807, 2.05) is 50.4 Å². The first kappa shape index (κ1) is 22.5. The molecule has 4 aromatic rings. The number of aromatic amines is 1. The normalized spacial score (nSPS) is 11.3. The molecule has 1 aromatic carbocycles. The molecule has 0 aliphatic carbocycles. The Balaban J connectivity index is 1.75. The standard InChI is InChI=1S/C26H29N5O2/c1-15(2)31-8-7-21-22(25(32)29-14-23-16(3)9-17(4)30-26(23)33)10-19(11-24(21)31)18-5-6-20(12-27)28-13-18/h5-11,13,15H,12,14,27H2,1-4H3,(H,29,32)(H,30,33). The molecule has 0 radical (unpaired) electrons. The average Bonchev–Trinajstić information content (AvgIpc) is 3.22. The van der Waals surface area contributed by atoms with Crippen molar-refractivity contribution >= 4 is 16.8 Å². The number of rotatable bonds is 6. The maximum Gasteiger partial charge on any atom is 0.253 e. The number of carbonyl (C=O) groups excluding carboxylic acids is 1. The van der Waals surface area contributed by atoms with E-state index >= 15 is 0 Å². The molecule has 0 bridgehead atoms. The summed E-state index contributed by atoms with van der Waals surface area (Å²) in [5.74, 6) is -0.228. The molecule has 4 rings (SSSR count). The van der Waals surface area contributed by atoms with Crippen LogP contribution in [0.4, 0.5) is 0 Å². The lowest BCUT2D eigenvalue weighted by Gasteiger charge is -2.14. The molecule has 0 aliphatic heterocycles. The lowest BCUT2D eigenvalue weighted by atomic mass is 10.00. The maximum atomic E-state index is 13.3. The number of fused-ring (bicyclic) bond motifs is 1. The highest BCUT2D eigenvalue weighted by Gasteiger charge is 2.17. The van der Waals surface area contributed by atoms with Gasteiger partial charge < -0.3 is 20.6 Å². The summed E-state index contributed by atoms with van der Waals surface area (Å²) in [6.45, 7) is 8.47. The van der Waals surface area contributed by atoms with Crippen molar-refractivity contribution in [3.8, 4) is 11.1 Å². The van der Waals surface area contributed by atoms with Gasteiger partial charge in [-0.1, -0.05) is 6.07 Å². The second kappa shape index (κ2) is 9.03. The summed E-state index contributed by atoms with van der Waals surface area (Å²) in [6, 6.07) is 11.9. The highest BCUT2D eigenvalue weighted by Crippen LogP contribution is 2.30. The van der Waals surface area contributed by atoms with E-state index < -0.39 is 0 Å². The molecule has 0 aliphatic rings. The third kappa shape index (κ3) is 4.45. The number of hydrogen-bond donors (Lipinski definition) is 3. The number of hydrogen-bond acceptors (Lipinski definition) is 4. The molecule has 33 heavy (non-hydrogen) atoms. The van der Waals surface area contributed by atoms with Crippen LogP contribution in [0.15, 0.2) is 53.6 Å². The number of amides is 1. The van der Waals surface area contributed by atoms with E-state index in [0.717, 1.165) is 39.0 Å². The van der Waals surface area contributed by atoms with Crippen LogP contribution >= 0.6 is 0 Å². The number of aromatic nitrogens is 3. The van der Waals surface area contributed by atoms with Crippen molar-refractivity contribution in [3.05, 3.63) is 87.2 Å². The molecule has 0 atom stereocenters. The van der Waals surface area contributed by atoms with Crippen molar-refractivity contribution in [1.82, 2.24) is 19.9 Å². The molecule has 3 aromatic heterocycles. The first-order valence-corrected chi connectivity index (χ1v) is 11.1. The summed E-state index contributed by atoms with van der Waals surface area (Å²) in [7, 11) is 0. The summed E-state index contributed by atoms with van der Waals surface area (Å²) >= 11 is 0. The Labute approximate surface area is 192 Å². The molecule has 1 amide bonds. The molecular formula is C26H29N5O2. The van der Waals surface area contributed by atoms with Gasteiger partial charge in [0.15, 0.2) is 0 Å². The van der Waals surface area contributed by atoms with Crippen molar-refractivity contribution in [1.29, 1.82) is 0 Å². The van der Waals surface area contributed by atoms with Gasteiger partial charge >= 0.3 is 0 Å². The van der Waals surface area contributed by atoms with Crippen LogP contribution in [-0.4, -0.2) is 20.4 Å². The number of nitrogens with two attached hydrogens (primary N) is 1. The summed E-state index contributed by atoms with van der Waals surface area (Å²) in [5, 5.41) is 3.81. The lowest BCUT2D eigenvalue weighted by Crippen LogP contribution is -2.28. The van der Waals surface area contributed by atoms with Crippen LogP contribution in [0.3, 0.4) is 0 Å². The average molecular weight is 444 g/mol. The van der Waals surface area contributed by atoms with E-state index in [4.69, 9.17) is 5.73 Å². The number of benzene rings is 1. The van der Waals surface area contributed by atoms with Gasteiger partial charge in [0, 0.05) is 64.8 Å². The van der Waals surface area contributed by atoms with Gasteiger partial charge in [-0.2, -0.15) is 0 Å². The van der Waals surface area contributed by atoms with Crippen LogP contribution in [-0.2, 0) is 13.1 Å². The fraction of sp³-hybridized carbons (Fsp3) is 0.269. The summed E-state index contributed by atoms with van der Waals surface area (Å²) in [5.41, 5.74) is 11.9. The Hall–Kier alpha value is -3.71. The Bertz CT molecular complexity index is 1380. The van der Waals surface area contributed by atoms with Gasteiger partial charge in [0.2, 0.25) is 0 Å². The van der Waals surface area contributed by atoms with Gasteiger partial charge in [-0.25, -0.2) is 0 Å². The zero-order valence-corrected chi connectivity index (χ0v) is 19.4. The fourth-order valence-electron chi connectivity index (χ4n) is 4.15. The zero-order chi connectivity index (χ0) is 23.7. The van der Waals surface area contributed by atoms with E-state index in [1.165, 1.54) is 0 Å². The third-order valence-corrected chi connectivity index (χ3v) is 5.93. The number of H-pyrrole nitrogens is 1. The van der Waals surface area contributed by atoms with Crippen LogP contribution in [0.25, 0.3) is 22.0 Å². The highest BCUT2D eigenvalue weighted by molar-refractivity contribution is 6.08. The summed E-state index contributed by atoms with van der Waals surface area (Å²) < 4.78 is 2.14. The molecule has 3 heterocycles. The molecule has 0 unspecified atom stereocenters. The monoisotopic (exact) mass is 443 g/mol. The predicted octanol–water partition coefficient (Wildman–Crippen LogP) is 3.98. The van der Waals surface area contributed by atoms with Crippen LogP contribution in [0.2, 0.25) is 0 Å². The number of aryl methyl sites for hydroxylation is 2. The minimum absolute atomic E-state index is 0.156. The van der Waals surface area contributed by atoms with Crippen molar-refractivity contribution in [3.63, 3.8) is 0 Å². The summed E-state index contributed by atoms with van der Waals surface area (Å²) in [6.07, 6.45) is 3.78. The van der Waals surface area contributed by atoms with E-state index in [1.54, 1.807) is 6.20 Å². The zero-order valence-electron chi connectivity index (χ0n) is 19.4. The van der Waals surface area contributed by atoms with Crippen molar-refractivity contribution in [2.24, 2.45) is 5.73 Å². The van der Waals surface area contributed by atoms with E-state index in [9.17, 15) is 9.59 Å². The first-order chi connectivity index (χ1) is 15.8. The number of nitrogens with one attached hydrogen (secondary N) is 2. The minimum Gasteiger partial charge on any atom is -0.348 e. The molecule has 7 heteroatoms. The number of nitrogens with zero attached hydrogens (tertiary/aromatic N) is 2. The van der Waals surface area contributed by atoms with Gasteiger partial charge in [0.1, 0.15) is 0 Å². The molecule has 7 nitrogen and oxygen atoms in total. The van der Waals surface area contributed by atoms with E-state index in [2.05, 4.69) is 39.8 Å². The van der Waals surface area contributed by atoms with Crippen LogP contribution < -0.4 is 16.6 Å². The van der Waals surface area contributed by atoms with Gasteiger partial charge in [0.05, 0.1) is 5.69 Å². The van der Waals surface area contributed by atoms with Crippen molar-refractivity contribution in [2.75, 3.05) is 0 Å². The number of carbonyl (C=O) groups is 1. The first-order valence-electron chi connectivity index (χ1n) is 11.1. The topological polar surface area (TPSA) is 106 Å². The minimum atomic E-state index is -0.228. The van der Waals surface area contributed by atoms with Crippen LogP contribution in [0.1, 0.15) is 52.8 Å². The van der Waals surface area contributed by atoms with Gasteiger partial charge in [-0.05, 0) is 69.2 Å². The van der Waals surface area contributed by atoms with Crippen molar-refractivity contribution < 1.29 is 4.79 Å². The molecule has 0 saturated heterocycles. The van der Waals surface area contributed by atoms with E-state index in [-0.39, 0.29) is 24.1 Å². The predicted molar refractivity (Wildman–Crippen MR) is 131 cm³/mol. The fourth-order valence-corrected chi connectivity index (χ4v) is 4.15. The second-order valence-corrected chi connectivity index (χ2v) is 8.64. The Morgan fingerprint density at radius 1 is 1.15 bits per heavy atom. The molecule has 0 fully saturated rings. The third-order valence-electron chi connectivity index (χ3n) is 5.93. The van der Waals surface area contributed by atoms with Gasteiger partial charge in [0.25, 0.3) is 11.5 Å². The smallest absolute Gasteiger partial charge is 0.253 e. The Morgan fingerprint density at radius 2 is 1.94 bits per heavy atom. The second-order valence-electron chi connectivity index (χ2n) is 8.64.